The van der Waals surface area contributed by atoms with Gasteiger partial charge in [0.25, 0.3) is 0 Å². The fourth-order valence-corrected chi connectivity index (χ4v) is 1.65. The normalized spacial score (nSPS) is 12.8. The Morgan fingerprint density at radius 2 is 2.12 bits per heavy atom. The lowest BCUT2D eigenvalue weighted by Gasteiger charge is -2.08. The summed E-state index contributed by atoms with van der Waals surface area (Å²) in [5.41, 5.74) is 0. The molecule has 7 heteroatoms. The Kier molecular flexibility index (Phi) is 6.69. The van der Waals surface area contributed by atoms with Crippen molar-refractivity contribution in [3.05, 3.63) is 0 Å². The molecule has 0 aliphatic heterocycles. The molecule has 6 nitrogen and oxygen atoms in total. The zero-order chi connectivity index (χ0) is 12.6. The Labute approximate surface area is 96.1 Å². The number of nitrogens with one attached hydrogen (secondary N) is 2. The van der Waals surface area contributed by atoms with Gasteiger partial charge in [-0.3, -0.25) is 4.79 Å². The maximum absolute atomic E-state index is 11.4. The lowest BCUT2D eigenvalue weighted by atomic mass is 10.1. The average molecular weight is 247 g/mol. The van der Waals surface area contributed by atoms with E-state index in [-0.39, 0.29) is 12.3 Å². The van der Waals surface area contributed by atoms with Gasteiger partial charge >= 0.3 is 0 Å². The molecule has 0 aliphatic rings. The van der Waals surface area contributed by atoms with Crippen LogP contribution in [0.25, 0.3) is 0 Å². The van der Waals surface area contributed by atoms with Crippen LogP contribution in [-0.2, 0) is 14.8 Å². The number of amides is 1. The summed E-state index contributed by atoms with van der Waals surface area (Å²) in [7, 11) is -2.00. The predicted molar refractivity (Wildman–Crippen MR) is 59.9 cm³/mol. The van der Waals surface area contributed by atoms with Crippen LogP contribution in [0.5, 0.6) is 0 Å². The van der Waals surface area contributed by atoms with Gasteiger partial charge in [-0.25, -0.2) is 13.1 Å². The van der Waals surface area contributed by atoms with Gasteiger partial charge in [-0.1, -0.05) is 13.3 Å². The highest BCUT2D eigenvalue weighted by molar-refractivity contribution is 7.89. The zero-order valence-corrected chi connectivity index (χ0v) is 10.3. The van der Waals surface area contributed by atoms with Crippen LogP contribution in [0.4, 0.5) is 0 Å². The first kappa shape index (κ1) is 14.9. The molecule has 2 N–H and O–H groups in total. The van der Waals surface area contributed by atoms with Gasteiger partial charge in [0.05, 0.1) is 11.8 Å². The second kappa shape index (κ2) is 7.19. The summed E-state index contributed by atoms with van der Waals surface area (Å²) in [5, 5.41) is 11.1. The smallest absolute Gasteiger partial charge is 0.237 e. The summed E-state index contributed by atoms with van der Waals surface area (Å²) in [6.45, 7) is 1.90. The molecule has 0 fully saturated rings. The van der Waals surface area contributed by atoms with Crippen molar-refractivity contribution < 1.29 is 13.2 Å². The standard InChI is InChI=1S/C9H17N3O3S/c1-3-4-8(7-10)9(13)12-5-6-16(14,15)11-2/h8,11H,3-6H2,1-2H3,(H,12,13). The molecule has 92 valence electrons. The summed E-state index contributed by atoms with van der Waals surface area (Å²) in [6, 6.07) is 1.89. The molecule has 0 saturated heterocycles. The number of carbonyl (C=O) groups is 1. The summed E-state index contributed by atoms with van der Waals surface area (Å²) in [5.74, 6) is -1.28. The maximum Gasteiger partial charge on any atom is 0.237 e. The van der Waals surface area contributed by atoms with Crippen molar-refractivity contribution in [2.45, 2.75) is 19.8 Å². The van der Waals surface area contributed by atoms with Crippen molar-refractivity contribution in [1.29, 1.82) is 5.26 Å². The van der Waals surface area contributed by atoms with Crippen LogP contribution in [0.1, 0.15) is 19.8 Å². The fourth-order valence-electron chi connectivity index (χ4n) is 1.08. The number of rotatable bonds is 7. The highest BCUT2D eigenvalue weighted by atomic mass is 32.2. The van der Waals surface area contributed by atoms with Crippen molar-refractivity contribution >= 4 is 15.9 Å². The lowest BCUT2D eigenvalue weighted by molar-refractivity contribution is -0.123. The fraction of sp³-hybridized carbons (Fsp3) is 0.778. The number of nitrogens with zero attached hydrogens (tertiary/aromatic N) is 1. The molecule has 0 aromatic carbocycles. The largest absolute Gasteiger partial charge is 0.354 e. The van der Waals surface area contributed by atoms with E-state index >= 15 is 0 Å². The quantitative estimate of drug-likeness (QED) is 0.639. The van der Waals surface area contributed by atoms with Gasteiger partial charge in [-0.05, 0) is 13.5 Å². The van der Waals surface area contributed by atoms with Crippen LogP contribution in [0.2, 0.25) is 0 Å². The van der Waals surface area contributed by atoms with Crippen molar-refractivity contribution in [2.75, 3.05) is 19.3 Å². The van der Waals surface area contributed by atoms with Crippen LogP contribution in [-0.4, -0.2) is 33.7 Å². The summed E-state index contributed by atoms with van der Waals surface area (Å²) in [6.07, 6.45) is 1.22. The Bertz CT molecular complexity index is 359. The number of hydrogen-bond donors (Lipinski definition) is 2. The van der Waals surface area contributed by atoms with Gasteiger partial charge in [-0.2, -0.15) is 5.26 Å². The van der Waals surface area contributed by atoms with Crippen LogP contribution in [0.15, 0.2) is 0 Å². The molecular weight excluding hydrogens is 230 g/mol. The number of carbonyl (C=O) groups excluding carboxylic acids is 1. The minimum absolute atomic E-state index is 0.0178. The molecule has 0 aromatic rings. The van der Waals surface area contributed by atoms with Crippen LogP contribution in [0.3, 0.4) is 0 Å². The third kappa shape index (κ3) is 5.68. The first-order chi connectivity index (χ1) is 7.46. The molecule has 0 rings (SSSR count). The molecule has 0 aromatic heterocycles. The Morgan fingerprint density at radius 1 is 1.50 bits per heavy atom. The van der Waals surface area contributed by atoms with Crippen molar-refractivity contribution in [3.63, 3.8) is 0 Å². The minimum atomic E-state index is -3.31. The van der Waals surface area contributed by atoms with E-state index in [1.807, 2.05) is 13.0 Å². The summed E-state index contributed by atoms with van der Waals surface area (Å²) in [4.78, 5) is 11.4. The molecule has 0 spiro atoms. The molecule has 0 heterocycles. The maximum atomic E-state index is 11.4. The van der Waals surface area contributed by atoms with Crippen LogP contribution in [0, 0.1) is 17.2 Å². The molecule has 1 amide bonds. The lowest BCUT2D eigenvalue weighted by Crippen LogP contribution is -2.36. The van der Waals surface area contributed by atoms with E-state index in [1.54, 1.807) is 0 Å². The van der Waals surface area contributed by atoms with Crippen LogP contribution >= 0.6 is 0 Å². The molecule has 0 bridgehead atoms. The van der Waals surface area contributed by atoms with Crippen molar-refractivity contribution in [2.24, 2.45) is 5.92 Å². The first-order valence-electron chi connectivity index (χ1n) is 5.05. The second-order valence-corrected chi connectivity index (χ2v) is 5.33. The molecule has 16 heavy (non-hydrogen) atoms. The van der Waals surface area contributed by atoms with E-state index in [0.29, 0.717) is 6.42 Å². The zero-order valence-electron chi connectivity index (χ0n) is 9.49. The summed E-state index contributed by atoms with van der Waals surface area (Å²) >= 11 is 0. The molecule has 0 aliphatic carbocycles. The number of nitriles is 1. The monoisotopic (exact) mass is 247 g/mol. The third-order valence-electron chi connectivity index (χ3n) is 2.03. The van der Waals surface area contributed by atoms with Gasteiger partial charge in [0.2, 0.25) is 15.9 Å². The highest BCUT2D eigenvalue weighted by Crippen LogP contribution is 2.04. The molecule has 0 saturated carbocycles. The number of hydrogen-bond acceptors (Lipinski definition) is 4. The number of sulfonamides is 1. The Morgan fingerprint density at radius 3 is 2.56 bits per heavy atom. The molecule has 1 atom stereocenters. The summed E-state index contributed by atoms with van der Waals surface area (Å²) < 4.78 is 24.2. The van der Waals surface area contributed by atoms with E-state index in [4.69, 9.17) is 5.26 Å². The minimum Gasteiger partial charge on any atom is -0.354 e. The van der Waals surface area contributed by atoms with Gasteiger partial charge in [0.15, 0.2) is 0 Å². The average Bonchev–Trinajstić information content (AvgIpc) is 2.25. The van der Waals surface area contributed by atoms with Crippen LogP contribution < -0.4 is 10.0 Å². The molecule has 1 unspecified atom stereocenters. The van der Waals surface area contributed by atoms with Gasteiger partial charge in [-0.15, -0.1) is 0 Å². The topological polar surface area (TPSA) is 99.1 Å². The highest BCUT2D eigenvalue weighted by Gasteiger charge is 2.16. The van der Waals surface area contributed by atoms with Gasteiger partial charge in [0, 0.05) is 6.54 Å². The van der Waals surface area contributed by atoms with Gasteiger partial charge < -0.3 is 5.32 Å². The van der Waals surface area contributed by atoms with E-state index in [2.05, 4.69) is 10.0 Å². The Hall–Kier alpha value is -1.13. The van der Waals surface area contributed by atoms with E-state index in [9.17, 15) is 13.2 Å². The first-order valence-corrected chi connectivity index (χ1v) is 6.70. The second-order valence-electron chi connectivity index (χ2n) is 3.28. The van der Waals surface area contributed by atoms with Crippen molar-refractivity contribution in [3.8, 4) is 6.07 Å². The van der Waals surface area contributed by atoms with E-state index in [0.717, 1.165) is 6.42 Å². The Balaban J connectivity index is 4.04. The van der Waals surface area contributed by atoms with E-state index < -0.39 is 21.8 Å². The van der Waals surface area contributed by atoms with Crippen molar-refractivity contribution in [1.82, 2.24) is 10.0 Å². The SMILES string of the molecule is CCCC(C#N)C(=O)NCCS(=O)(=O)NC. The van der Waals surface area contributed by atoms with E-state index in [1.165, 1.54) is 7.05 Å². The molecule has 0 radical (unpaired) electrons. The third-order valence-corrected chi connectivity index (χ3v) is 3.39. The molecular formula is C9H17N3O3S. The predicted octanol–water partition coefficient (Wildman–Crippen LogP) is -0.408. The van der Waals surface area contributed by atoms with Gasteiger partial charge in [0.1, 0.15) is 5.92 Å².